The van der Waals surface area contributed by atoms with Crippen LogP contribution >= 0.6 is 15.9 Å². The van der Waals surface area contributed by atoms with Gasteiger partial charge in [-0.1, -0.05) is 12.1 Å². The van der Waals surface area contributed by atoms with Crippen molar-refractivity contribution in [2.24, 2.45) is 5.73 Å². The molecular weight excluding hydrogens is 234 g/mol. The predicted molar refractivity (Wildman–Crippen MR) is 53.4 cm³/mol. The van der Waals surface area contributed by atoms with E-state index >= 15 is 0 Å². The molecule has 0 fully saturated rings. The third kappa shape index (κ3) is 3.16. The third-order valence-corrected chi connectivity index (χ3v) is 2.06. The molecule has 0 aromatic heterocycles. The molecule has 0 aliphatic rings. The van der Waals surface area contributed by atoms with E-state index in [-0.39, 0.29) is 12.4 Å². The standard InChI is InChI=1S/C9H10BrNO2/c10-7-3-1-2-4-8(7)13-9(12)5-6-11/h1-4H,5-6,11H2. The van der Waals surface area contributed by atoms with Crippen LogP contribution in [0.2, 0.25) is 0 Å². The van der Waals surface area contributed by atoms with Crippen molar-refractivity contribution in [2.45, 2.75) is 6.42 Å². The van der Waals surface area contributed by atoms with E-state index in [1.807, 2.05) is 12.1 Å². The minimum absolute atomic E-state index is 0.237. The zero-order chi connectivity index (χ0) is 9.68. The molecule has 1 rings (SSSR count). The fourth-order valence-electron chi connectivity index (χ4n) is 0.819. The minimum atomic E-state index is -0.311. The molecule has 0 aliphatic carbocycles. The Morgan fingerprint density at radius 2 is 2.15 bits per heavy atom. The first kappa shape index (κ1) is 10.2. The number of benzene rings is 1. The van der Waals surface area contributed by atoms with E-state index in [2.05, 4.69) is 15.9 Å². The Hall–Kier alpha value is -0.870. The molecule has 0 spiro atoms. The Morgan fingerprint density at radius 1 is 1.46 bits per heavy atom. The van der Waals surface area contributed by atoms with Crippen molar-refractivity contribution in [3.05, 3.63) is 28.7 Å². The normalized spacial score (nSPS) is 9.69. The zero-order valence-corrected chi connectivity index (χ0v) is 8.58. The van der Waals surface area contributed by atoms with Crippen LogP contribution in [0.25, 0.3) is 0 Å². The van der Waals surface area contributed by atoms with Gasteiger partial charge in [0.05, 0.1) is 10.9 Å². The van der Waals surface area contributed by atoms with Crippen LogP contribution in [0.15, 0.2) is 28.7 Å². The highest BCUT2D eigenvalue weighted by Gasteiger charge is 2.05. The van der Waals surface area contributed by atoms with Gasteiger partial charge in [-0.2, -0.15) is 0 Å². The van der Waals surface area contributed by atoms with Crippen LogP contribution in [-0.2, 0) is 4.79 Å². The summed E-state index contributed by atoms with van der Waals surface area (Å²) < 4.78 is 5.78. The molecule has 70 valence electrons. The summed E-state index contributed by atoms with van der Waals surface area (Å²) in [5.74, 6) is 0.218. The summed E-state index contributed by atoms with van der Waals surface area (Å²) in [6.45, 7) is 0.309. The van der Waals surface area contributed by atoms with Crippen molar-refractivity contribution >= 4 is 21.9 Å². The molecule has 4 heteroatoms. The molecule has 0 atom stereocenters. The molecule has 1 aromatic carbocycles. The molecule has 0 unspecified atom stereocenters. The van der Waals surface area contributed by atoms with Crippen LogP contribution < -0.4 is 10.5 Å². The molecule has 0 aliphatic heterocycles. The summed E-state index contributed by atoms with van der Waals surface area (Å²) in [4.78, 5) is 11.0. The number of para-hydroxylation sites is 1. The number of rotatable bonds is 3. The van der Waals surface area contributed by atoms with Gasteiger partial charge in [-0.05, 0) is 28.1 Å². The van der Waals surface area contributed by atoms with Gasteiger partial charge in [0.2, 0.25) is 0 Å². The van der Waals surface area contributed by atoms with Gasteiger partial charge in [0, 0.05) is 6.54 Å². The first-order valence-corrected chi connectivity index (χ1v) is 4.68. The van der Waals surface area contributed by atoms with Gasteiger partial charge < -0.3 is 10.5 Å². The molecule has 3 nitrogen and oxygen atoms in total. The highest BCUT2D eigenvalue weighted by Crippen LogP contribution is 2.23. The van der Waals surface area contributed by atoms with Crippen molar-refractivity contribution in [3.8, 4) is 5.75 Å². The van der Waals surface area contributed by atoms with Gasteiger partial charge in [-0.25, -0.2) is 0 Å². The van der Waals surface area contributed by atoms with Crippen LogP contribution in [-0.4, -0.2) is 12.5 Å². The van der Waals surface area contributed by atoms with Crippen molar-refractivity contribution in [2.75, 3.05) is 6.54 Å². The fraction of sp³-hybridized carbons (Fsp3) is 0.222. The highest BCUT2D eigenvalue weighted by molar-refractivity contribution is 9.10. The monoisotopic (exact) mass is 243 g/mol. The number of carbonyl (C=O) groups is 1. The number of halogens is 1. The van der Waals surface area contributed by atoms with E-state index in [0.29, 0.717) is 12.3 Å². The van der Waals surface area contributed by atoms with Crippen LogP contribution in [0.5, 0.6) is 5.75 Å². The number of hydrogen-bond donors (Lipinski definition) is 1. The maximum atomic E-state index is 11.0. The lowest BCUT2D eigenvalue weighted by atomic mass is 10.3. The molecule has 0 radical (unpaired) electrons. The third-order valence-electron chi connectivity index (χ3n) is 1.41. The second kappa shape index (κ2) is 4.99. The molecule has 0 saturated carbocycles. The molecule has 0 heterocycles. The van der Waals surface area contributed by atoms with Crippen molar-refractivity contribution < 1.29 is 9.53 Å². The summed E-state index contributed by atoms with van der Waals surface area (Å²) in [5, 5.41) is 0. The van der Waals surface area contributed by atoms with Crippen LogP contribution in [0.4, 0.5) is 0 Å². The van der Waals surface area contributed by atoms with Crippen LogP contribution in [0.1, 0.15) is 6.42 Å². The lowest BCUT2D eigenvalue weighted by Gasteiger charge is -2.04. The Labute approximate surface area is 85.0 Å². The number of nitrogens with two attached hydrogens (primary N) is 1. The van der Waals surface area contributed by atoms with Gasteiger partial charge in [0.15, 0.2) is 0 Å². The number of carbonyl (C=O) groups excluding carboxylic acids is 1. The van der Waals surface area contributed by atoms with Crippen molar-refractivity contribution in [3.63, 3.8) is 0 Å². The van der Waals surface area contributed by atoms with E-state index in [1.165, 1.54) is 0 Å². The van der Waals surface area contributed by atoms with Gasteiger partial charge >= 0.3 is 5.97 Å². The van der Waals surface area contributed by atoms with E-state index < -0.39 is 0 Å². The average Bonchev–Trinajstić information content (AvgIpc) is 2.09. The zero-order valence-electron chi connectivity index (χ0n) is 7.00. The lowest BCUT2D eigenvalue weighted by molar-refractivity contribution is -0.134. The molecular formula is C9H10BrNO2. The Bertz CT molecular complexity index is 301. The topological polar surface area (TPSA) is 52.3 Å². The molecule has 1 aromatic rings. The van der Waals surface area contributed by atoms with Gasteiger partial charge in [0.25, 0.3) is 0 Å². The number of hydrogen-bond acceptors (Lipinski definition) is 3. The SMILES string of the molecule is NCCC(=O)Oc1ccccc1Br. The first-order chi connectivity index (χ1) is 6.24. The van der Waals surface area contributed by atoms with E-state index in [9.17, 15) is 4.79 Å². The maximum Gasteiger partial charge on any atom is 0.312 e. The van der Waals surface area contributed by atoms with Gasteiger partial charge in [-0.3, -0.25) is 4.79 Å². The molecule has 0 saturated heterocycles. The largest absolute Gasteiger partial charge is 0.425 e. The molecule has 0 bridgehead atoms. The molecule has 13 heavy (non-hydrogen) atoms. The fourth-order valence-corrected chi connectivity index (χ4v) is 1.18. The van der Waals surface area contributed by atoms with Crippen LogP contribution in [0.3, 0.4) is 0 Å². The molecule has 0 amide bonds. The lowest BCUT2D eigenvalue weighted by Crippen LogP contribution is -2.13. The number of ether oxygens (including phenoxy) is 1. The van der Waals surface area contributed by atoms with Gasteiger partial charge in [0.1, 0.15) is 5.75 Å². The summed E-state index contributed by atoms with van der Waals surface area (Å²) >= 11 is 3.27. The second-order valence-electron chi connectivity index (χ2n) is 2.44. The Morgan fingerprint density at radius 3 is 2.77 bits per heavy atom. The second-order valence-corrected chi connectivity index (χ2v) is 3.30. The van der Waals surface area contributed by atoms with Crippen molar-refractivity contribution in [1.29, 1.82) is 0 Å². The number of esters is 1. The summed E-state index contributed by atoms with van der Waals surface area (Å²) in [5.41, 5.74) is 5.21. The Kier molecular flexibility index (Phi) is 3.92. The maximum absolute atomic E-state index is 11.0. The smallest absolute Gasteiger partial charge is 0.312 e. The summed E-state index contributed by atoms with van der Waals surface area (Å²) in [7, 11) is 0. The van der Waals surface area contributed by atoms with Crippen LogP contribution in [0, 0.1) is 0 Å². The predicted octanol–water partition coefficient (Wildman–Crippen LogP) is 1.70. The first-order valence-electron chi connectivity index (χ1n) is 3.89. The van der Waals surface area contributed by atoms with Crippen molar-refractivity contribution in [1.82, 2.24) is 0 Å². The summed E-state index contributed by atoms with van der Waals surface area (Å²) in [6, 6.07) is 7.18. The Balaban J connectivity index is 2.63. The van der Waals surface area contributed by atoms with Gasteiger partial charge in [-0.15, -0.1) is 0 Å². The molecule has 2 N–H and O–H groups in total. The highest BCUT2D eigenvalue weighted by atomic mass is 79.9. The summed E-state index contributed by atoms with van der Waals surface area (Å²) in [6.07, 6.45) is 0.237. The van der Waals surface area contributed by atoms with E-state index in [1.54, 1.807) is 12.1 Å². The quantitative estimate of drug-likeness (QED) is 0.650. The minimum Gasteiger partial charge on any atom is -0.425 e. The van der Waals surface area contributed by atoms with E-state index in [0.717, 1.165) is 4.47 Å². The van der Waals surface area contributed by atoms with E-state index in [4.69, 9.17) is 10.5 Å². The average molecular weight is 244 g/mol.